The monoisotopic (exact) mass is 396 g/mol. The lowest BCUT2D eigenvalue weighted by atomic mass is 10.2. The summed E-state index contributed by atoms with van der Waals surface area (Å²) in [6.07, 6.45) is 5.25. The topological polar surface area (TPSA) is 59.8 Å². The maximum absolute atomic E-state index is 12.2. The van der Waals surface area contributed by atoms with Gasteiger partial charge in [0.2, 0.25) is 0 Å². The summed E-state index contributed by atoms with van der Waals surface area (Å²) in [5, 5.41) is 11.9. The second-order valence-corrected chi connectivity index (χ2v) is 6.95. The smallest absolute Gasteiger partial charge is 0.252 e. The highest BCUT2D eigenvalue weighted by atomic mass is 79.9. The normalized spacial score (nSPS) is 14.2. The third kappa shape index (κ3) is 3.93. The fraction of sp³-hybridized carbons (Fsp3) is 0.438. The molecule has 0 fully saturated rings. The highest BCUT2D eigenvalue weighted by molar-refractivity contribution is 9.10. The predicted molar refractivity (Wildman–Crippen MR) is 92.8 cm³/mol. The molecule has 0 spiro atoms. The number of aromatic nitrogens is 3. The molecule has 1 N–H and O–H groups in total. The van der Waals surface area contributed by atoms with E-state index in [0.29, 0.717) is 23.6 Å². The molecular weight excluding hydrogens is 380 g/mol. The summed E-state index contributed by atoms with van der Waals surface area (Å²) in [5.41, 5.74) is 0.481. The molecule has 122 valence electrons. The van der Waals surface area contributed by atoms with Crippen molar-refractivity contribution in [2.45, 2.75) is 38.6 Å². The van der Waals surface area contributed by atoms with Crippen LogP contribution in [0, 0.1) is 0 Å². The first kappa shape index (κ1) is 16.5. The van der Waals surface area contributed by atoms with E-state index in [1.807, 2.05) is 0 Å². The average molecular weight is 398 g/mol. The van der Waals surface area contributed by atoms with Crippen LogP contribution in [0.2, 0.25) is 5.02 Å². The Kier molecular flexibility index (Phi) is 5.33. The van der Waals surface area contributed by atoms with Crippen LogP contribution in [0.3, 0.4) is 0 Å². The molecule has 0 unspecified atom stereocenters. The number of amides is 1. The quantitative estimate of drug-likeness (QED) is 0.860. The van der Waals surface area contributed by atoms with Gasteiger partial charge in [-0.25, -0.2) is 0 Å². The molecule has 1 aliphatic heterocycles. The van der Waals surface area contributed by atoms with E-state index in [-0.39, 0.29) is 5.91 Å². The molecule has 1 aromatic carbocycles. The number of rotatable bonds is 4. The standard InChI is InChI=1S/C16H18BrClN4O/c17-11-5-6-12(13(18)10-11)16(23)19-8-7-15-21-20-14-4-2-1-3-9-22(14)15/h5-6,10H,1-4,7-9H2,(H,19,23). The van der Waals surface area contributed by atoms with E-state index >= 15 is 0 Å². The Morgan fingerprint density at radius 1 is 1.30 bits per heavy atom. The zero-order chi connectivity index (χ0) is 16.2. The van der Waals surface area contributed by atoms with Crippen LogP contribution >= 0.6 is 27.5 Å². The summed E-state index contributed by atoms with van der Waals surface area (Å²) in [4.78, 5) is 12.2. The van der Waals surface area contributed by atoms with Crippen molar-refractivity contribution in [3.63, 3.8) is 0 Å². The molecule has 1 aromatic heterocycles. The number of nitrogens with one attached hydrogen (secondary N) is 1. The van der Waals surface area contributed by atoms with Crippen LogP contribution in [0.5, 0.6) is 0 Å². The van der Waals surface area contributed by atoms with Gasteiger partial charge in [-0.3, -0.25) is 4.79 Å². The Morgan fingerprint density at radius 2 is 2.17 bits per heavy atom. The Hall–Kier alpha value is -1.40. The average Bonchev–Trinajstić information content (AvgIpc) is 2.75. The number of carbonyl (C=O) groups excluding carboxylic acids is 1. The molecule has 1 amide bonds. The van der Waals surface area contributed by atoms with Crippen molar-refractivity contribution in [1.29, 1.82) is 0 Å². The Balaban J connectivity index is 1.59. The lowest BCUT2D eigenvalue weighted by molar-refractivity contribution is 0.0954. The van der Waals surface area contributed by atoms with Gasteiger partial charge in [0.05, 0.1) is 10.6 Å². The fourth-order valence-electron chi connectivity index (χ4n) is 2.79. The third-order valence-electron chi connectivity index (χ3n) is 4.00. The molecule has 1 aliphatic rings. The van der Waals surface area contributed by atoms with E-state index in [1.54, 1.807) is 18.2 Å². The van der Waals surface area contributed by atoms with Crippen LogP contribution in [0.15, 0.2) is 22.7 Å². The number of hydrogen-bond donors (Lipinski definition) is 1. The van der Waals surface area contributed by atoms with Gasteiger partial charge in [0.15, 0.2) is 0 Å². The molecule has 0 radical (unpaired) electrons. The highest BCUT2D eigenvalue weighted by Gasteiger charge is 2.15. The molecule has 2 aromatic rings. The number of fused-ring (bicyclic) bond motifs is 1. The lowest BCUT2D eigenvalue weighted by Crippen LogP contribution is -2.26. The first-order valence-corrected chi connectivity index (χ1v) is 8.96. The summed E-state index contributed by atoms with van der Waals surface area (Å²) in [5.74, 6) is 1.85. The van der Waals surface area contributed by atoms with Crippen molar-refractivity contribution in [2.24, 2.45) is 0 Å². The zero-order valence-corrected chi connectivity index (χ0v) is 15.0. The number of hydrogen-bond acceptors (Lipinski definition) is 3. The zero-order valence-electron chi connectivity index (χ0n) is 12.7. The molecule has 0 saturated carbocycles. The van der Waals surface area contributed by atoms with E-state index < -0.39 is 0 Å². The number of aryl methyl sites for hydroxylation is 1. The minimum absolute atomic E-state index is 0.168. The van der Waals surface area contributed by atoms with Gasteiger partial charge in [0, 0.05) is 30.4 Å². The van der Waals surface area contributed by atoms with Gasteiger partial charge in [0.1, 0.15) is 11.6 Å². The van der Waals surface area contributed by atoms with Crippen LogP contribution in [0.25, 0.3) is 0 Å². The number of nitrogens with zero attached hydrogens (tertiary/aromatic N) is 3. The maximum atomic E-state index is 12.2. The van der Waals surface area contributed by atoms with Gasteiger partial charge < -0.3 is 9.88 Å². The second-order valence-electron chi connectivity index (χ2n) is 5.62. The third-order valence-corrected chi connectivity index (χ3v) is 4.80. The Bertz CT molecular complexity index is 716. The minimum Gasteiger partial charge on any atom is -0.352 e. The summed E-state index contributed by atoms with van der Waals surface area (Å²) in [6.45, 7) is 1.49. The molecule has 2 heterocycles. The summed E-state index contributed by atoms with van der Waals surface area (Å²) >= 11 is 9.43. The van der Waals surface area contributed by atoms with Crippen molar-refractivity contribution >= 4 is 33.4 Å². The van der Waals surface area contributed by atoms with Crippen LogP contribution < -0.4 is 5.32 Å². The van der Waals surface area contributed by atoms with Gasteiger partial charge >= 0.3 is 0 Å². The van der Waals surface area contributed by atoms with E-state index in [2.05, 4.69) is 36.0 Å². The van der Waals surface area contributed by atoms with Crippen LogP contribution in [0.1, 0.15) is 41.3 Å². The van der Waals surface area contributed by atoms with Crippen molar-refractivity contribution in [1.82, 2.24) is 20.1 Å². The van der Waals surface area contributed by atoms with Gasteiger partial charge in [0.25, 0.3) is 5.91 Å². The minimum atomic E-state index is -0.168. The highest BCUT2D eigenvalue weighted by Crippen LogP contribution is 2.21. The SMILES string of the molecule is O=C(NCCc1nnc2n1CCCCC2)c1ccc(Br)cc1Cl. The van der Waals surface area contributed by atoms with Gasteiger partial charge in [-0.1, -0.05) is 34.0 Å². The van der Waals surface area contributed by atoms with E-state index in [4.69, 9.17) is 11.6 Å². The fourth-order valence-corrected chi connectivity index (χ4v) is 3.55. The molecule has 3 rings (SSSR count). The Labute approximate surface area is 148 Å². The maximum Gasteiger partial charge on any atom is 0.252 e. The molecule has 0 bridgehead atoms. The van der Waals surface area contributed by atoms with Crippen molar-refractivity contribution in [3.05, 3.63) is 44.9 Å². The molecule has 23 heavy (non-hydrogen) atoms. The first-order chi connectivity index (χ1) is 11.1. The second kappa shape index (κ2) is 7.45. The van der Waals surface area contributed by atoms with E-state index in [9.17, 15) is 4.79 Å². The Morgan fingerprint density at radius 3 is 3.00 bits per heavy atom. The van der Waals surface area contributed by atoms with Crippen LogP contribution in [0.4, 0.5) is 0 Å². The molecular formula is C16H18BrClN4O. The van der Waals surface area contributed by atoms with E-state index in [0.717, 1.165) is 29.1 Å². The van der Waals surface area contributed by atoms with E-state index in [1.165, 1.54) is 19.3 Å². The number of benzene rings is 1. The molecule has 0 saturated heterocycles. The van der Waals surface area contributed by atoms with Crippen molar-refractivity contribution in [2.75, 3.05) is 6.54 Å². The van der Waals surface area contributed by atoms with Crippen molar-refractivity contribution in [3.8, 4) is 0 Å². The number of halogens is 2. The molecule has 7 heteroatoms. The first-order valence-electron chi connectivity index (χ1n) is 7.79. The summed E-state index contributed by atoms with van der Waals surface area (Å²) < 4.78 is 3.05. The van der Waals surface area contributed by atoms with Crippen LogP contribution in [-0.2, 0) is 19.4 Å². The molecule has 0 atom stereocenters. The van der Waals surface area contributed by atoms with Gasteiger partial charge in [-0.15, -0.1) is 10.2 Å². The van der Waals surface area contributed by atoms with Crippen molar-refractivity contribution < 1.29 is 4.79 Å². The molecule has 5 nitrogen and oxygen atoms in total. The summed E-state index contributed by atoms with van der Waals surface area (Å²) in [7, 11) is 0. The van der Waals surface area contributed by atoms with Gasteiger partial charge in [-0.05, 0) is 31.0 Å². The van der Waals surface area contributed by atoms with Crippen LogP contribution in [-0.4, -0.2) is 27.2 Å². The molecule has 0 aliphatic carbocycles. The lowest BCUT2D eigenvalue weighted by Gasteiger charge is -2.09. The summed E-state index contributed by atoms with van der Waals surface area (Å²) in [6, 6.07) is 5.24. The largest absolute Gasteiger partial charge is 0.352 e. The number of carbonyl (C=O) groups is 1. The predicted octanol–water partition coefficient (Wildman–Crippen LogP) is 3.39. The van der Waals surface area contributed by atoms with Gasteiger partial charge in [-0.2, -0.15) is 0 Å².